The van der Waals surface area contributed by atoms with E-state index in [0.717, 1.165) is 21.1 Å². The first-order chi connectivity index (χ1) is 6.83. The predicted octanol–water partition coefficient (Wildman–Crippen LogP) is 1.33. The van der Waals surface area contributed by atoms with Gasteiger partial charge in [-0.25, -0.2) is 9.97 Å². The van der Waals surface area contributed by atoms with E-state index in [1.807, 2.05) is 12.1 Å². The van der Waals surface area contributed by atoms with Crippen LogP contribution in [0.2, 0.25) is 0 Å². The molecule has 0 amide bonds. The average molecular weight is 202 g/mol. The van der Waals surface area contributed by atoms with Gasteiger partial charge < -0.3 is 4.98 Å². The van der Waals surface area contributed by atoms with Gasteiger partial charge in [-0.3, -0.25) is 4.79 Å². The minimum absolute atomic E-state index is 0.0525. The number of hydrogen-bond donors (Lipinski definition) is 1. The predicted molar refractivity (Wildman–Crippen MR) is 54.4 cm³/mol. The molecule has 1 radical (unpaired) electrons. The molecule has 3 rings (SSSR count). The lowest BCUT2D eigenvalue weighted by atomic mass is 10.2. The second-order valence-electron chi connectivity index (χ2n) is 2.87. The van der Waals surface area contributed by atoms with E-state index < -0.39 is 0 Å². The third-order valence-electron chi connectivity index (χ3n) is 1.98. The van der Waals surface area contributed by atoms with Gasteiger partial charge in [-0.15, -0.1) is 0 Å². The van der Waals surface area contributed by atoms with Crippen molar-refractivity contribution < 1.29 is 0 Å². The smallest absolute Gasteiger partial charge is 0.305 e. The third kappa shape index (κ3) is 1.03. The van der Waals surface area contributed by atoms with E-state index in [1.54, 1.807) is 0 Å². The Balaban J connectivity index is 2.57. The van der Waals surface area contributed by atoms with Crippen LogP contribution in [0.15, 0.2) is 23.3 Å². The molecule has 5 heteroatoms. The second kappa shape index (κ2) is 2.62. The summed E-state index contributed by atoms with van der Waals surface area (Å²) in [6.45, 7) is 0. The van der Waals surface area contributed by atoms with Gasteiger partial charge in [0.05, 0.1) is 15.7 Å². The van der Waals surface area contributed by atoms with Crippen molar-refractivity contribution in [3.8, 4) is 0 Å². The quantitative estimate of drug-likeness (QED) is 0.598. The number of nitrogens with zero attached hydrogens (tertiary/aromatic N) is 2. The molecule has 0 aliphatic rings. The van der Waals surface area contributed by atoms with Crippen molar-refractivity contribution in [2.45, 2.75) is 0 Å². The van der Waals surface area contributed by atoms with Crippen molar-refractivity contribution in [3.05, 3.63) is 34.3 Å². The molecular weight excluding hydrogens is 198 g/mol. The Bertz CT molecular complexity index is 615. The van der Waals surface area contributed by atoms with Crippen LogP contribution >= 0.6 is 11.3 Å². The fourth-order valence-electron chi connectivity index (χ4n) is 1.37. The van der Waals surface area contributed by atoms with E-state index in [9.17, 15) is 4.79 Å². The Hall–Kier alpha value is -1.75. The Morgan fingerprint density at radius 2 is 2.36 bits per heavy atom. The zero-order valence-corrected chi connectivity index (χ0v) is 7.76. The van der Waals surface area contributed by atoms with Crippen LogP contribution in [-0.2, 0) is 0 Å². The molecule has 3 aromatic rings. The molecule has 14 heavy (non-hydrogen) atoms. The third-order valence-corrected chi connectivity index (χ3v) is 2.82. The highest BCUT2D eigenvalue weighted by Gasteiger charge is 2.02. The number of thiazole rings is 1. The first-order valence-electron chi connectivity index (χ1n) is 3.98. The fourth-order valence-corrected chi connectivity index (χ4v) is 2.12. The largest absolute Gasteiger partial charge is 0.312 e. The van der Waals surface area contributed by atoms with Crippen LogP contribution in [0, 0.1) is 6.20 Å². The molecule has 67 valence electrons. The number of aromatic amines is 1. The molecular formula is C9H4N3OS. The van der Waals surface area contributed by atoms with E-state index >= 15 is 0 Å². The molecule has 1 N–H and O–H groups in total. The highest BCUT2D eigenvalue weighted by atomic mass is 32.1. The first kappa shape index (κ1) is 7.64. The maximum atomic E-state index is 11.1. The second-order valence-corrected chi connectivity index (χ2v) is 3.88. The monoisotopic (exact) mass is 202 g/mol. The van der Waals surface area contributed by atoms with Gasteiger partial charge in [0.1, 0.15) is 12.5 Å². The molecule has 0 atom stereocenters. The fraction of sp³-hybridized carbons (Fsp3) is 0. The Morgan fingerprint density at radius 3 is 3.29 bits per heavy atom. The summed E-state index contributed by atoms with van der Waals surface area (Å²) in [6.07, 6.45) is 4.27. The summed E-state index contributed by atoms with van der Waals surface area (Å²) < 4.78 is 0.912. The average Bonchev–Trinajstić information content (AvgIpc) is 2.53. The molecule has 0 spiro atoms. The zero-order chi connectivity index (χ0) is 9.54. The van der Waals surface area contributed by atoms with Crippen LogP contribution in [0.4, 0.5) is 0 Å². The van der Waals surface area contributed by atoms with E-state index in [-0.39, 0.29) is 4.87 Å². The lowest BCUT2D eigenvalue weighted by molar-refractivity contribution is 1.21. The number of aromatic nitrogens is 3. The van der Waals surface area contributed by atoms with Crippen LogP contribution in [0.5, 0.6) is 0 Å². The Kier molecular flexibility index (Phi) is 1.43. The molecule has 0 bridgehead atoms. The standard InChI is InChI=1S/C9H4N3OS/c13-9-12-7-1-5-3-10-4-11-6(5)2-8(7)14-9/h1-2,4H,(H,12,13). The minimum atomic E-state index is -0.0525. The minimum Gasteiger partial charge on any atom is -0.312 e. The normalized spacial score (nSPS) is 11.1. The van der Waals surface area contributed by atoms with Crippen LogP contribution in [-0.4, -0.2) is 15.0 Å². The maximum Gasteiger partial charge on any atom is 0.305 e. The molecule has 4 nitrogen and oxygen atoms in total. The molecule has 2 aromatic heterocycles. The number of nitrogens with one attached hydrogen (secondary N) is 1. The number of rotatable bonds is 0. The van der Waals surface area contributed by atoms with Crippen LogP contribution in [0.25, 0.3) is 21.1 Å². The van der Waals surface area contributed by atoms with Gasteiger partial charge in [-0.05, 0) is 12.1 Å². The van der Waals surface area contributed by atoms with E-state index in [1.165, 1.54) is 17.7 Å². The first-order valence-corrected chi connectivity index (χ1v) is 4.80. The Morgan fingerprint density at radius 1 is 1.43 bits per heavy atom. The van der Waals surface area contributed by atoms with Gasteiger partial charge >= 0.3 is 4.87 Å². The van der Waals surface area contributed by atoms with E-state index in [2.05, 4.69) is 21.1 Å². The van der Waals surface area contributed by atoms with Gasteiger partial charge in [-0.2, -0.15) is 0 Å². The van der Waals surface area contributed by atoms with Gasteiger partial charge in [0.2, 0.25) is 0 Å². The molecule has 0 saturated heterocycles. The SMILES string of the molecule is O=c1[nH]c2cc3[c]ncnc3cc2s1. The van der Waals surface area contributed by atoms with Gasteiger partial charge in [-0.1, -0.05) is 11.3 Å². The molecule has 0 fully saturated rings. The van der Waals surface area contributed by atoms with Crippen LogP contribution in [0.3, 0.4) is 0 Å². The summed E-state index contributed by atoms with van der Waals surface area (Å²) in [5.74, 6) is 0. The van der Waals surface area contributed by atoms with Crippen LogP contribution < -0.4 is 4.87 Å². The number of benzene rings is 1. The molecule has 0 aliphatic heterocycles. The number of hydrogen-bond acceptors (Lipinski definition) is 4. The molecule has 2 heterocycles. The molecule has 0 aliphatic carbocycles. The van der Waals surface area contributed by atoms with Crippen molar-refractivity contribution in [3.63, 3.8) is 0 Å². The lowest BCUT2D eigenvalue weighted by Crippen LogP contribution is -1.89. The highest BCUT2D eigenvalue weighted by Crippen LogP contribution is 2.20. The molecule has 0 unspecified atom stereocenters. The van der Waals surface area contributed by atoms with Crippen molar-refractivity contribution in [2.75, 3.05) is 0 Å². The summed E-state index contributed by atoms with van der Waals surface area (Å²) >= 11 is 1.18. The van der Waals surface area contributed by atoms with Crippen molar-refractivity contribution in [1.82, 2.24) is 15.0 Å². The summed E-state index contributed by atoms with van der Waals surface area (Å²) in [7, 11) is 0. The highest BCUT2D eigenvalue weighted by molar-refractivity contribution is 7.16. The van der Waals surface area contributed by atoms with E-state index in [4.69, 9.17) is 0 Å². The van der Waals surface area contributed by atoms with E-state index in [0.29, 0.717) is 0 Å². The van der Waals surface area contributed by atoms with Gasteiger partial charge in [0.15, 0.2) is 0 Å². The molecule has 1 aromatic carbocycles. The summed E-state index contributed by atoms with van der Waals surface area (Å²) in [6, 6.07) is 3.70. The molecule has 0 saturated carbocycles. The van der Waals surface area contributed by atoms with Gasteiger partial charge in [0.25, 0.3) is 0 Å². The maximum absolute atomic E-state index is 11.1. The summed E-state index contributed by atoms with van der Waals surface area (Å²) in [4.78, 5) is 21.7. The Labute approximate surface area is 82.3 Å². The van der Waals surface area contributed by atoms with Crippen molar-refractivity contribution in [1.29, 1.82) is 0 Å². The van der Waals surface area contributed by atoms with Crippen molar-refractivity contribution >= 4 is 32.5 Å². The lowest BCUT2D eigenvalue weighted by Gasteiger charge is -1.93. The van der Waals surface area contributed by atoms with Gasteiger partial charge in [0, 0.05) is 5.39 Å². The number of H-pyrrole nitrogens is 1. The van der Waals surface area contributed by atoms with Crippen molar-refractivity contribution in [2.24, 2.45) is 0 Å². The summed E-state index contributed by atoms with van der Waals surface area (Å²) in [5.41, 5.74) is 1.63. The zero-order valence-electron chi connectivity index (χ0n) is 6.94. The topological polar surface area (TPSA) is 58.6 Å². The number of fused-ring (bicyclic) bond motifs is 2. The summed E-state index contributed by atoms with van der Waals surface area (Å²) in [5, 5.41) is 0.814. The van der Waals surface area contributed by atoms with Crippen LogP contribution in [0.1, 0.15) is 0 Å².